The fourth-order valence-corrected chi connectivity index (χ4v) is 8.43. The predicted molar refractivity (Wildman–Crippen MR) is 221 cm³/mol. The lowest BCUT2D eigenvalue weighted by Crippen LogP contribution is -2.53. The van der Waals surface area contributed by atoms with Gasteiger partial charge in [-0.05, 0) is 75.3 Å². The van der Waals surface area contributed by atoms with E-state index in [2.05, 4.69) is 16.0 Å². The number of imide groups is 1. The van der Waals surface area contributed by atoms with Crippen LogP contribution >= 0.6 is 0 Å². The summed E-state index contributed by atoms with van der Waals surface area (Å²) >= 11 is 0. The quantitative estimate of drug-likeness (QED) is 0.120. The Hall–Kier alpha value is -6.53. The number of amides is 5. The van der Waals surface area contributed by atoms with Crippen molar-refractivity contribution in [1.82, 2.24) is 30.4 Å². The molecule has 17 nitrogen and oxygen atoms in total. The molecule has 0 unspecified atom stereocenters. The Kier molecular flexibility index (Phi) is 11.8. The number of esters is 1. The number of fused-ring (bicyclic) bond motifs is 5. The van der Waals surface area contributed by atoms with Gasteiger partial charge in [-0.1, -0.05) is 37.3 Å². The molecule has 4 heterocycles. The number of benzene rings is 2. The molecule has 7 rings (SSSR count). The van der Waals surface area contributed by atoms with Crippen LogP contribution in [0.15, 0.2) is 47.3 Å². The summed E-state index contributed by atoms with van der Waals surface area (Å²) in [6, 6.07) is 9.27. The summed E-state index contributed by atoms with van der Waals surface area (Å²) in [5.74, 6) is -4.33. The van der Waals surface area contributed by atoms with Crippen molar-refractivity contribution >= 4 is 46.6 Å². The minimum atomic E-state index is -2.11. The fraction of sp³-hybridized carbons (Fsp3) is 0.409. The van der Waals surface area contributed by atoms with E-state index in [0.717, 1.165) is 4.90 Å². The SMILES string of the molecule is CC[C@@]1(O)C(=O)OCc2c1cc1n(c2=O)Cc2c-1nc1cc(F)c(C)c3c1c2[C@@H](N(C(=O)CNC(=O)[C@H](Cc1ccccc1)NC(=O)CNC(=O)CN)C(=O)OC(C)(C)C)CC3. The summed E-state index contributed by atoms with van der Waals surface area (Å²) in [4.78, 5) is 100. The minimum absolute atomic E-state index is 0.0168. The Morgan fingerprint density at radius 3 is 2.47 bits per heavy atom. The number of aromatic nitrogens is 2. The summed E-state index contributed by atoms with van der Waals surface area (Å²) in [7, 11) is 0. The van der Waals surface area contributed by atoms with Crippen LogP contribution in [0.25, 0.3) is 22.3 Å². The first-order valence-corrected chi connectivity index (χ1v) is 20.3. The second-order valence-corrected chi connectivity index (χ2v) is 16.6. The van der Waals surface area contributed by atoms with E-state index < -0.39 is 83.4 Å². The van der Waals surface area contributed by atoms with Gasteiger partial charge in [-0.3, -0.25) is 24.0 Å². The number of halogens is 1. The normalized spacial score (nSPS) is 17.8. The van der Waals surface area contributed by atoms with E-state index in [9.17, 15) is 38.7 Å². The molecule has 1 aliphatic carbocycles. The number of nitrogens with two attached hydrogens (primary N) is 1. The number of rotatable bonds is 11. The zero-order valence-electron chi connectivity index (χ0n) is 35.0. The molecule has 62 heavy (non-hydrogen) atoms. The van der Waals surface area contributed by atoms with Crippen molar-refractivity contribution in [3.05, 3.63) is 97.6 Å². The average Bonchev–Trinajstić information content (AvgIpc) is 3.60. The fourth-order valence-electron chi connectivity index (χ4n) is 8.43. The standard InChI is InChI=1S/C44H48FN7O10/c1-6-44(60)27-15-32-38-25(20-51(32)40(57)26(27)21-61-41(44)58)37-31(13-12-24-22(2)28(45)16-29(50-38)36(24)37)52(42(59)62-43(3,4)5)35(55)19-48-39(56)30(14-23-10-8-7-9-11-23)49-34(54)18-47-33(53)17-46/h7-11,15-16,30-31,60H,6,12-14,17-21,46H2,1-5H3,(H,47,53)(H,48,56)(H,49,54)/t30-,31-,44-/m0/s1. The van der Waals surface area contributed by atoms with E-state index in [1.165, 1.54) is 16.7 Å². The highest BCUT2D eigenvalue weighted by molar-refractivity contribution is 5.99. The maximum absolute atomic E-state index is 15.6. The Labute approximate surface area is 355 Å². The molecule has 3 aliphatic rings. The van der Waals surface area contributed by atoms with E-state index in [1.807, 2.05) is 0 Å². The van der Waals surface area contributed by atoms with Gasteiger partial charge in [0.15, 0.2) is 5.60 Å². The molecule has 0 radical (unpaired) electrons. The number of aliphatic hydroxyl groups is 1. The summed E-state index contributed by atoms with van der Waals surface area (Å²) in [6.45, 7) is 6.12. The molecule has 0 spiro atoms. The molecule has 0 saturated heterocycles. The molecule has 5 amide bonds. The summed E-state index contributed by atoms with van der Waals surface area (Å²) in [6.07, 6.45) is -0.783. The van der Waals surface area contributed by atoms with Gasteiger partial charge in [0, 0.05) is 29.0 Å². The van der Waals surface area contributed by atoms with Crippen LogP contribution in [0.5, 0.6) is 0 Å². The number of nitrogens with zero attached hydrogens (tertiary/aromatic N) is 3. The molecule has 3 atom stereocenters. The Morgan fingerprint density at radius 2 is 1.79 bits per heavy atom. The molecule has 2 aliphatic heterocycles. The van der Waals surface area contributed by atoms with Crippen molar-refractivity contribution in [2.75, 3.05) is 19.6 Å². The number of cyclic esters (lactones) is 1. The van der Waals surface area contributed by atoms with Crippen molar-refractivity contribution in [3.63, 3.8) is 0 Å². The van der Waals surface area contributed by atoms with Gasteiger partial charge < -0.3 is 40.8 Å². The number of hydrogen-bond donors (Lipinski definition) is 5. The monoisotopic (exact) mass is 853 g/mol. The van der Waals surface area contributed by atoms with Gasteiger partial charge in [0.2, 0.25) is 17.7 Å². The lowest BCUT2D eigenvalue weighted by Gasteiger charge is -2.37. The van der Waals surface area contributed by atoms with Gasteiger partial charge in [0.1, 0.15) is 24.1 Å². The van der Waals surface area contributed by atoms with Gasteiger partial charge in [-0.2, -0.15) is 0 Å². The number of nitrogens with one attached hydrogen (secondary N) is 3. The molecule has 2 aromatic carbocycles. The third kappa shape index (κ3) is 8.02. The van der Waals surface area contributed by atoms with Crippen LogP contribution in [-0.2, 0) is 65.0 Å². The van der Waals surface area contributed by atoms with E-state index in [4.69, 9.17) is 20.2 Å². The first kappa shape index (κ1) is 43.6. The number of aryl methyl sites for hydroxylation is 1. The molecule has 6 N–H and O–H groups in total. The Morgan fingerprint density at radius 1 is 1.06 bits per heavy atom. The molecule has 0 saturated carbocycles. The maximum Gasteiger partial charge on any atom is 0.417 e. The highest BCUT2D eigenvalue weighted by Crippen LogP contribution is 2.48. The van der Waals surface area contributed by atoms with E-state index in [0.29, 0.717) is 33.2 Å². The van der Waals surface area contributed by atoms with Crippen LogP contribution in [0.3, 0.4) is 0 Å². The molecule has 0 bridgehead atoms. The molecule has 326 valence electrons. The summed E-state index contributed by atoms with van der Waals surface area (Å²) < 4.78 is 28.1. The molecular formula is C44H48FN7O10. The number of ether oxygens (including phenoxy) is 2. The number of carbonyl (C=O) groups excluding carboxylic acids is 6. The predicted octanol–water partition coefficient (Wildman–Crippen LogP) is 2.20. The summed E-state index contributed by atoms with van der Waals surface area (Å²) in [5, 5.41) is 19.5. The smallest absolute Gasteiger partial charge is 0.417 e. The number of pyridine rings is 2. The van der Waals surface area contributed by atoms with Gasteiger partial charge in [-0.15, -0.1) is 0 Å². The first-order chi connectivity index (χ1) is 29.4. The van der Waals surface area contributed by atoms with Crippen LogP contribution < -0.4 is 27.2 Å². The molecule has 0 fully saturated rings. The van der Waals surface area contributed by atoms with Crippen LogP contribution in [0.4, 0.5) is 9.18 Å². The minimum Gasteiger partial charge on any atom is -0.458 e. The zero-order chi connectivity index (χ0) is 44.8. The van der Waals surface area contributed by atoms with Crippen LogP contribution in [0.1, 0.15) is 85.5 Å². The second-order valence-electron chi connectivity index (χ2n) is 16.6. The zero-order valence-corrected chi connectivity index (χ0v) is 35.0. The van der Waals surface area contributed by atoms with Crippen molar-refractivity contribution < 1.29 is 47.7 Å². The van der Waals surface area contributed by atoms with Crippen molar-refractivity contribution in [2.24, 2.45) is 5.73 Å². The lowest BCUT2D eigenvalue weighted by atomic mass is 9.81. The summed E-state index contributed by atoms with van der Waals surface area (Å²) in [5.41, 5.74) is 4.96. The average molecular weight is 854 g/mol. The highest BCUT2D eigenvalue weighted by atomic mass is 19.1. The molecule has 4 aromatic rings. The highest BCUT2D eigenvalue weighted by Gasteiger charge is 2.47. The first-order valence-electron chi connectivity index (χ1n) is 20.3. The topological polar surface area (TPSA) is 241 Å². The molecule has 18 heteroatoms. The van der Waals surface area contributed by atoms with Crippen LogP contribution in [0, 0.1) is 12.7 Å². The Balaban J connectivity index is 1.29. The van der Waals surface area contributed by atoms with Crippen molar-refractivity contribution in [3.8, 4) is 11.4 Å². The van der Waals surface area contributed by atoms with Gasteiger partial charge in [0.25, 0.3) is 11.5 Å². The molecular weight excluding hydrogens is 806 g/mol. The van der Waals surface area contributed by atoms with E-state index >= 15 is 4.39 Å². The Bertz CT molecular complexity index is 2610. The van der Waals surface area contributed by atoms with Crippen molar-refractivity contribution in [1.29, 1.82) is 0 Å². The lowest BCUT2D eigenvalue weighted by molar-refractivity contribution is -0.172. The van der Waals surface area contributed by atoms with Crippen molar-refractivity contribution in [2.45, 2.75) is 96.7 Å². The van der Waals surface area contributed by atoms with Crippen LogP contribution in [0.2, 0.25) is 0 Å². The number of hydrogen-bond acceptors (Lipinski definition) is 12. The van der Waals surface area contributed by atoms with Gasteiger partial charge >= 0.3 is 12.1 Å². The second kappa shape index (κ2) is 16.7. The largest absolute Gasteiger partial charge is 0.458 e. The van der Waals surface area contributed by atoms with Gasteiger partial charge in [0.05, 0.1) is 54.7 Å². The third-order valence-corrected chi connectivity index (χ3v) is 11.5. The van der Waals surface area contributed by atoms with E-state index in [1.54, 1.807) is 65.0 Å². The van der Waals surface area contributed by atoms with Crippen LogP contribution in [-0.4, -0.2) is 86.5 Å². The van der Waals surface area contributed by atoms with Gasteiger partial charge in [-0.25, -0.2) is 23.9 Å². The number of carbonyl (C=O) groups is 6. The van der Waals surface area contributed by atoms with E-state index in [-0.39, 0.29) is 73.4 Å². The third-order valence-electron chi connectivity index (χ3n) is 11.5. The maximum atomic E-state index is 15.6. The molecule has 2 aromatic heterocycles.